The SMILES string of the molecule is Cc1cc(-c2cccc(-c3c(C)cccc3C)c2C)[n+](C)cc1C.Cc1cc[n+](C)c(-c2cccc(-c3c(C)cccc3C)c2C)c1.Cc1ccc(-c2cccc(-c3c(C)cccc3C)c2C)[n+](C)c1.Cc1cccc(C)c1-c1cccc(-c2cc(C(C)C)cc[n+]2C)c1C.Cc1cccc(C)c1-c1cccc(-c2cc(CC(C)(C)C)cc[n+]2C)c1C. The molecule has 0 saturated carbocycles. The predicted octanol–water partition coefficient (Wildman–Crippen LogP) is 27.8. The summed E-state index contributed by atoms with van der Waals surface area (Å²) < 4.78 is 11.1. The molecule has 0 N–H and O–H groups in total. The van der Waals surface area contributed by atoms with Crippen LogP contribution in [0, 0.1) is 137 Å². The van der Waals surface area contributed by atoms with Gasteiger partial charge in [-0.15, -0.1) is 0 Å². The van der Waals surface area contributed by atoms with E-state index in [-0.39, 0.29) is 5.41 Å². The molecule has 5 aromatic heterocycles. The average molecular weight is 1610 g/mol. The fourth-order valence-corrected chi connectivity index (χ4v) is 18.1. The quantitative estimate of drug-likeness (QED) is 0.109. The van der Waals surface area contributed by atoms with Gasteiger partial charge in [0, 0.05) is 87.5 Å². The van der Waals surface area contributed by atoms with E-state index in [0.717, 1.165) is 6.42 Å². The van der Waals surface area contributed by atoms with E-state index in [1.165, 1.54) is 229 Å². The number of pyridine rings is 5. The highest BCUT2D eigenvalue weighted by Crippen LogP contribution is 2.41. The van der Waals surface area contributed by atoms with Crippen LogP contribution < -0.4 is 22.8 Å². The molecule has 122 heavy (non-hydrogen) atoms. The molecule has 0 amide bonds. The maximum atomic E-state index is 2.36. The predicted molar refractivity (Wildman–Crippen MR) is 520 cm³/mol. The van der Waals surface area contributed by atoms with E-state index >= 15 is 0 Å². The lowest BCUT2D eigenvalue weighted by Gasteiger charge is -2.18. The van der Waals surface area contributed by atoms with Crippen LogP contribution in [0.15, 0.2) is 268 Å². The molecular formula is C117H134N5+5. The molecule has 0 fully saturated rings. The van der Waals surface area contributed by atoms with Gasteiger partial charge in [0.2, 0.25) is 28.5 Å². The van der Waals surface area contributed by atoms with Crippen LogP contribution in [0.25, 0.3) is 112 Å². The van der Waals surface area contributed by atoms with Gasteiger partial charge in [-0.1, -0.05) is 186 Å². The molecule has 0 atom stereocenters. The van der Waals surface area contributed by atoms with Crippen LogP contribution in [0.2, 0.25) is 0 Å². The fourth-order valence-electron chi connectivity index (χ4n) is 18.1. The van der Waals surface area contributed by atoms with Crippen molar-refractivity contribution in [3.8, 4) is 112 Å². The van der Waals surface area contributed by atoms with Crippen molar-refractivity contribution in [3.05, 3.63) is 384 Å². The maximum absolute atomic E-state index is 2.36. The van der Waals surface area contributed by atoms with Crippen LogP contribution in [-0.4, -0.2) is 0 Å². The summed E-state index contributed by atoms with van der Waals surface area (Å²) in [5.74, 6) is 0.530. The molecular weight excluding hydrogens is 1480 g/mol. The minimum atomic E-state index is 0.284. The van der Waals surface area contributed by atoms with E-state index in [1.54, 1.807) is 0 Å². The summed E-state index contributed by atoms with van der Waals surface area (Å²) in [5.41, 5.74) is 54.7. The topological polar surface area (TPSA) is 19.4 Å². The van der Waals surface area contributed by atoms with Crippen molar-refractivity contribution in [2.24, 2.45) is 40.7 Å². The van der Waals surface area contributed by atoms with E-state index in [9.17, 15) is 0 Å². The molecule has 0 saturated heterocycles. The molecule has 15 aromatic rings. The molecule has 0 bridgehead atoms. The molecule has 5 heterocycles. The Kier molecular flexibility index (Phi) is 29.2. The second kappa shape index (κ2) is 39.2. The zero-order valence-corrected chi connectivity index (χ0v) is 78.9. The molecule has 5 heteroatoms. The van der Waals surface area contributed by atoms with Crippen molar-refractivity contribution < 1.29 is 22.8 Å². The summed E-state index contributed by atoms with van der Waals surface area (Å²) in [7, 11) is 10.6. The normalized spacial score (nSPS) is 11.1. The summed E-state index contributed by atoms with van der Waals surface area (Å²) in [6, 6.07) is 86.3. The van der Waals surface area contributed by atoms with E-state index in [2.05, 4.69) is 492 Å². The molecule has 0 spiro atoms. The number of hydrogen-bond donors (Lipinski definition) is 0. The summed E-state index contributed by atoms with van der Waals surface area (Å²) >= 11 is 0. The minimum absolute atomic E-state index is 0.284. The zero-order chi connectivity index (χ0) is 88.5. The van der Waals surface area contributed by atoms with Gasteiger partial charge in [-0.2, -0.15) is 0 Å². The average Bonchev–Trinajstić information content (AvgIpc) is 1.18. The lowest BCUT2D eigenvalue weighted by molar-refractivity contribution is -0.660. The van der Waals surface area contributed by atoms with Gasteiger partial charge in [-0.3, -0.25) is 0 Å². The van der Waals surface area contributed by atoms with Gasteiger partial charge in [0.1, 0.15) is 35.2 Å². The smallest absolute Gasteiger partial charge is 0.201 e. The number of aromatic nitrogens is 5. The molecule has 0 radical (unpaired) electrons. The highest BCUT2D eigenvalue weighted by Gasteiger charge is 2.25. The fraction of sp³-hybridized carbons (Fsp3) is 0.274. The van der Waals surface area contributed by atoms with Crippen LogP contribution in [0.1, 0.15) is 157 Å². The van der Waals surface area contributed by atoms with Crippen LogP contribution in [0.3, 0.4) is 0 Å². The van der Waals surface area contributed by atoms with Crippen molar-refractivity contribution in [1.29, 1.82) is 0 Å². The van der Waals surface area contributed by atoms with Crippen LogP contribution in [-0.2, 0) is 41.7 Å². The molecule has 15 rings (SSSR count). The lowest BCUT2D eigenvalue weighted by atomic mass is 9.87. The zero-order valence-electron chi connectivity index (χ0n) is 78.9. The van der Waals surface area contributed by atoms with E-state index in [4.69, 9.17) is 0 Å². The van der Waals surface area contributed by atoms with E-state index in [1.807, 2.05) is 0 Å². The van der Waals surface area contributed by atoms with Crippen molar-refractivity contribution in [1.82, 2.24) is 0 Å². The van der Waals surface area contributed by atoms with Gasteiger partial charge in [-0.05, 0) is 347 Å². The summed E-state index contributed by atoms with van der Waals surface area (Å²) in [5, 5.41) is 0. The number of benzene rings is 10. The molecule has 622 valence electrons. The third-order valence-electron chi connectivity index (χ3n) is 24.9. The molecule has 0 aliphatic rings. The first-order valence-corrected chi connectivity index (χ1v) is 43.6. The third-order valence-corrected chi connectivity index (χ3v) is 24.9. The Balaban J connectivity index is 0.000000149. The molecule has 0 unspecified atom stereocenters. The summed E-state index contributed by atoms with van der Waals surface area (Å²) in [6.45, 7) is 53.2. The Bertz CT molecular complexity index is 6250. The Morgan fingerprint density at radius 3 is 0.820 bits per heavy atom. The van der Waals surface area contributed by atoms with Gasteiger partial charge >= 0.3 is 0 Å². The van der Waals surface area contributed by atoms with Gasteiger partial charge in [-0.25, -0.2) is 22.8 Å². The van der Waals surface area contributed by atoms with E-state index < -0.39 is 0 Å². The maximum Gasteiger partial charge on any atom is 0.212 e. The highest BCUT2D eigenvalue weighted by atomic mass is 14.9. The first-order valence-electron chi connectivity index (χ1n) is 43.6. The Hall–Kier alpha value is -12.1. The molecule has 0 aliphatic heterocycles. The number of nitrogens with zero attached hydrogens (tertiary/aromatic N) is 5. The summed E-state index contributed by atoms with van der Waals surface area (Å²) in [6.07, 6.45) is 12.0. The van der Waals surface area contributed by atoms with Gasteiger partial charge in [0.05, 0.1) is 0 Å². The summed E-state index contributed by atoms with van der Waals surface area (Å²) in [4.78, 5) is 0. The standard InChI is InChI=1S/C26H32N.C24H28N.C23H26N.2C22H24N/c1-18-10-8-11-19(2)25(18)23-13-9-12-22(20(23)3)24-16-21(14-15-27(24)7)17-26(4,5)6;1-16(2)20-13-14-25(6)23(15-20)21-11-8-12-22(19(21)5)24-17(3)9-7-10-18(24)4;1-15-9-7-10-16(2)23(15)21-12-8-11-20(19(21)5)22-13-17(3)18(4)14-24(22)6;1-15-12-13-23(5)21(14-15)19-10-7-11-20(18(19)4)22-16(2)8-6-9-17(22)3;1-15-12-13-21(23(5)14-15)19-10-7-11-20(18(19)4)22-16(2)8-6-9-17(22)3/h8-16H,17H2,1-7H3;7-16H,1-6H3;7-14H,1-6H3;2*6-14H,1-5H3/q5*+1. The Morgan fingerprint density at radius 1 is 0.230 bits per heavy atom. The number of hydrogen-bond acceptors (Lipinski definition) is 0. The van der Waals surface area contributed by atoms with Crippen LogP contribution in [0.5, 0.6) is 0 Å². The largest absolute Gasteiger partial charge is 0.212 e. The van der Waals surface area contributed by atoms with Gasteiger partial charge in [0.15, 0.2) is 31.0 Å². The molecule has 10 aromatic carbocycles. The van der Waals surface area contributed by atoms with Crippen molar-refractivity contribution in [2.75, 3.05) is 0 Å². The van der Waals surface area contributed by atoms with Crippen molar-refractivity contribution in [3.63, 3.8) is 0 Å². The monoisotopic (exact) mass is 1610 g/mol. The van der Waals surface area contributed by atoms with Crippen molar-refractivity contribution in [2.45, 2.75) is 179 Å². The van der Waals surface area contributed by atoms with Gasteiger partial charge in [0.25, 0.3) is 0 Å². The van der Waals surface area contributed by atoms with Gasteiger partial charge < -0.3 is 0 Å². The molecule has 5 nitrogen and oxygen atoms in total. The van der Waals surface area contributed by atoms with Crippen LogP contribution in [0.4, 0.5) is 0 Å². The first kappa shape index (κ1) is 90.7. The lowest BCUT2D eigenvalue weighted by Crippen LogP contribution is -2.31. The van der Waals surface area contributed by atoms with E-state index in [0.29, 0.717) is 5.92 Å². The first-order chi connectivity index (χ1) is 57.9. The van der Waals surface area contributed by atoms with Crippen molar-refractivity contribution >= 4 is 0 Å². The minimum Gasteiger partial charge on any atom is -0.201 e. The second-order valence-corrected chi connectivity index (χ2v) is 36.1. The van der Waals surface area contributed by atoms with Crippen LogP contribution >= 0.6 is 0 Å². The highest BCUT2D eigenvalue weighted by molar-refractivity contribution is 5.85. The molecule has 0 aliphatic carbocycles. The Morgan fingerprint density at radius 2 is 0.500 bits per heavy atom. The Labute approximate surface area is 733 Å². The third kappa shape index (κ3) is 20.6. The second-order valence-electron chi connectivity index (χ2n) is 36.1. The number of aryl methyl sites for hydroxylation is 19. The number of rotatable bonds is 12.